The van der Waals surface area contributed by atoms with Gasteiger partial charge in [-0.05, 0) is 57.7 Å². The van der Waals surface area contributed by atoms with E-state index in [9.17, 15) is 22.8 Å². The molecular formula is C25H28F3N5O4. The van der Waals surface area contributed by atoms with Crippen LogP contribution < -0.4 is 10.3 Å². The van der Waals surface area contributed by atoms with Crippen LogP contribution in [0.5, 0.6) is 5.88 Å². The monoisotopic (exact) mass is 519 g/mol. The van der Waals surface area contributed by atoms with Crippen LogP contribution in [0.25, 0.3) is 11.2 Å². The van der Waals surface area contributed by atoms with E-state index in [1.54, 1.807) is 31.7 Å². The van der Waals surface area contributed by atoms with Gasteiger partial charge in [-0.15, -0.1) is 0 Å². The van der Waals surface area contributed by atoms with Gasteiger partial charge in [0.25, 0.3) is 5.56 Å². The second kappa shape index (κ2) is 9.98. The maximum Gasteiger partial charge on any atom is 0.418 e. The number of halogens is 3. The van der Waals surface area contributed by atoms with E-state index in [-0.39, 0.29) is 23.1 Å². The highest BCUT2D eigenvalue weighted by molar-refractivity contribution is 5.72. The molecule has 4 rings (SSSR count). The molecule has 12 heteroatoms. The molecule has 37 heavy (non-hydrogen) atoms. The lowest BCUT2D eigenvalue weighted by Crippen LogP contribution is -2.42. The van der Waals surface area contributed by atoms with Crippen LogP contribution in [0.2, 0.25) is 0 Å². The lowest BCUT2D eigenvalue weighted by molar-refractivity contribution is -0.138. The van der Waals surface area contributed by atoms with Gasteiger partial charge in [0.2, 0.25) is 5.88 Å². The Morgan fingerprint density at radius 2 is 1.86 bits per heavy atom. The molecule has 1 amide bonds. The van der Waals surface area contributed by atoms with Crippen LogP contribution in [0.3, 0.4) is 0 Å². The van der Waals surface area contributed by atoms with Gasteiger partial charge in [0.15, 0.2) is 5.65 Å². The summed E-state index contributed by atoms with van der Waals surface area (Å²) < 4.78 is 52.6. The molecule has 0 bridgehead atoms. The largest absolute Gasteiger partial charge is 0.480 e. The summed E-state index contributed by atoms with van der Waals surface area (Å²) >= 11 is 0. The average molecular weight is 520 g/mol. The molecule has 1 saturated heterocycles. The van der Waals surface area contributed by atoms with E-state index in [1.807, 2.05) is 0 Å². The first-order chi connectivity index (χ1) is 17.4. The fraction of sp³-hybridized carbons (Fsp3) is 0.480. The number of hydrogen-bond donors (Lipinski definition) is 0. The number of amides is 1. The summed E-state index contributed by atoms with van der Waals surface area (Å²) in [5.74, 6) is -0.0298. The number of pyridine rings is 2. The summed E-state index contributed by atoms with van der Waals surface area (Å²) in [7, 11) is 1.42. The van der Waals surface area contributed by atoms with E-state index < -0.39 is 35.5 Å². The molecule has 4 heterocycles. The third-order valence-electron chi connectivity index (χ3n) is 6.10. The maximum atomic E-state index is 13.7. The minimum Gasteiger partial charge on any atom is -0.480 e. The molecular weight excluding hydrogens is 491 g/mol. The van der Waals surface area contributed by atoms with Gasteiger partial charge in [-0.25, -0.2) is 14.8 Å². The van der Waals surface area contributed by atoms with Gasteiger partial charge in [-0.3, -0.25) is 14.3 Å². The third-order valence-corrected chi connectivity index (χ3v) is 6.10. The van der Waals surface area contributed by atoms with Crippen molar-refractivity contribution in [3.8, 4) is 5.88 Å². The minimum absolute atomic E-state index is 0.125. The van der Waals surface area contributed by atoms with Crippen LogP contribution in [0, 0.1) is 0 Å². The topological polar surface area (TPSA) is 99.4 Å². The molecule has 9 nitrogen and oxygen atoms in total. The Hall–Kier alpha value is -3.70. The van der Waals surface area contributed by atoms with Gasteiger partial charge < -0.3 is 14.4 Å². The van der Waals surface area contributed by atoms with E-state index in [2.05, 4.69) is 15.0 Å². The first kappa shape index (κ1) is 26.4. The molecule has 3 aromatic rings. The van der Waals surface area contributed by atoms with Crippen molar-refractivity contribution >= 4 is 17.3 Å². The lowest BCUT2D eigenvalue weighted by Gasteiger charge is -2.33. The number of likely N-dealkylation sites (tertiary alicyclic amines) is 1. The van der Waals surface area contributed by atoms with Gasteiger partial charge in [0.05, 0.1) is 31.1 Å². The van der Waals surface area contributed by atoms with Crippen molar-refractivity contribution in [3.05, 3.63) is 57.8 Å². The van der Waals surface area contributed by atoms with Crippen LogP contribution in [0.15, 0.2) is 35.4 Å². The normalized spacial score (nSPS) is 15.2. The second-order valence-corrected chi connectivity index (χ2v) is 9.85. The molecule has 0 radical (unpaired) electrons. The molecule has 0 aromatic carbocycles. The Bertz CT molecular complexity index is 1360. The smallest absolute Gasteiger partial charge is 0.418 e. The van der Waals surface area contributed by atoms with Crippen LogP contribution in [0.1, 0.15) is 56.4 Å². The zero-order valence-electron chi connectivity index (χ0n) is 21.0. The van der Waals surface area contributed by atoms with Crippen molar-refractivity contribution in [2.45, 2.75) is 57.9 Å². The Morgan fingerprint density at radius 3 is 2.49 bits per heavy atom. The van der Waals surface area contributed by atoms with Crippen molar-refractivity contribution in [1.29, 1.82) is 0 Å². The molecule has 1 aliphatic rings. The van der Waals surface area contributed by atoms with Crippen LogP contribution in [-0.4, -0.2) is 56.3 Å². The number of methoxy groups -OCH3 is 1. The molecule has 1 aliphatic heterocycles. The molecule has 0 spiro atoms. The van der Waals surface area contributed by atoms with E-state index in [4.69, 9.17) is 9.47 Å². The molecule has 1 fully saturated rings. The number of nitrogens with zero attached hydrogens (tertiary/aromatic N) is 5. The zero-order chi connectivity index (χ0) is 27.0. The Morgan fingerprint density at radius 1 is 1.16 bits per heavy atom. The Labute approximate surface area is 211 Å². The van der Waals surface area contributed by atoms with Crippen LogP contribution in [-0.2, 0) is 17.5 Å². The van der Waals surface area contributed by atoms with Crippen molar-refractivity contribution in [1.82, 2.24) is 24.4 Å². The molecule has 0 saturated carbocycles. The SMILES string of the molecule is COc1cnc2c(cc(C3CCN(C(=O)OC(C)(C)C)CC3)c(=O)n2Cc2ncccc2C(F)(F)F)n1. The zero-order valence-corrected chi connectivity index (χ0v) is 21.0. The van der Waals surface area contributed by atoms with Crippen molar-refractivity contribution in [2.24, 2.45) is 0 Å². The maximum absolute atomic E-state index is 13.7. The number of carbonyl (C=O) groups excluding carboxylic acids is 1. The van der Waals surface area contributed by atoms with E-state index >= 15 is 0 Å². The number of piperidine rings is 1. The Kier molecular flexibility index (Phi) is 7.11. The van der Waals surface area contributed by atoms with Gasteiger partial charge in [-0.1, -0.05) is 0 Å². The number of rotatable bonds is 4. The quantitative estimate of drug-likeness (QED) is 0.505. The predicted molar refractivity (Wildman–Crippen MR) is 128 cm³/mol. The Balaban J connectivity index is 1.72. The van der Waals surface area contributed by atoms with E-state index in [0.717, 1.165) is 6.07 Å². The van der Waals surface area contributed by atoms with E-state index in [0.29, 0.717) is 37.0 Å². The summed E-state index contributed by atoms with van der Waals surface area (Å²) in [5, 5.41) is 0. The van der Waals surface area contributed by atoms with Gasteiger partial charge in [0.1, 0.15) is 11.1 Å². The number of ether oxygens (including phenoxy) is 2. The number of carbonyl (C=O) groups is 1. The highest BCUT2D eigenvalue weighted by atomic mass is 19.4. The first-order valence-electron chi connectivity index (χ1n) is 11.8. The number of aromatic nitrogens is 4. The van der Waals surface area contributed by atoms with Crippen LogP contribution >= 0.6 is 0 Å². The van der Waals surface area contributed by atoms with Crippen molar-refractivity contribution in [3.63, 3.8) is 0 Å². The fourth-order valence-corrected chi connectivity index (χ4v) is 4.35. The van der Waals surface area contributed by atoms with Gasteiger partial charge in [-0.2, -0.15) is 13.2 Å². The highest BCUT2D eigenvalue weighted by Gasteiger charge is 2.34. The number of alkyl halides is 3. The standard InChI is InChI=1S/C25H28F3N5O4/c1-24(2,3)37-23(35)32-10-7-15(8-11-32)16-12-18-21(30-13-20(31-18)36-4)33(22(16)34)14-19-17(25(26,27)28)6-5-9-29-19/h5-6,9,12-13,15H,7-8,10-11,14H2,1-4H3. The van der Waals surface area contributed by atoms with Gasteiger partial charge >= 0.3 is 12.3 Å². The molecule has 0 aliphatic carbocycles. The van der Waals surface area contributed by atoms with Crippen molar-refractivity contribution in [2.75, 3.05) is 20.2 Å². The first-order valence-corrected chi connectivity index (χ1v) is 11.8. The predicted octanol–water partition coefficient (Wildman–Crippen LogP) is 4.38. The summed E-state index contributed by atoms with van der Waals surface area (Å²) in [6, 6.07) is 3.74. The molecule has 198 valence electrons. The van der Waals surface area contributed by atoms with Crippen LogP contribution in [0.4, 0.5) is 18.0 Å². The summed E-state index contributed by atoms with van der Waals surface area (Å²) in [4.78, 5) is 40.2. The van der Waals surface area contributed by atoms with E-state index in [1.165, 1.54) is 30.1 Å². The molecule has 0 atom stereocenters. The average Bonchev–Trinajstić information content (AvgIpc) is 2.84. The number of fused-ring (bicyclic) bond motifs is 1. The summed E-state index contributed by atoms with van der Waals surface area (Å²) in [6.45, 7) is 5.68. The molecule has 0 unspecified atom stereocenters. The van der Waals surface area contributed by atoms with Gasteiger partial charge in [0, 0.05) is 24.8 Å². The summed E-state index contributed by atoms with van der Waals surface area (Å²) in [6.07, 6.45) is -1.54. The third kappa shape index (κ3) is 5.83. The fourth-order valence-electron chi connectivity index (χ4n) is 4.35. The number of hydrogen-bond acceptors (Lipinski definition) is 7. The van der Waals surface area contributed by atoms with Crippen molar-refractivity contribution < 1.29 is 27.4 Å². The molecule has 0 N–H and O–H groups in total. The lowest BCUT2D eigenvalue weighted by atomic mass is 9.90. The minimum atomic E-state index is -4.63. The molecule has 3 aromatic heterocycles. The highest BCUT2D eigenvalue weighted by Crippen LogP contribution is 2.32. The summed E-state index contributed by atoms with van der Waals surface area (Å²) in [5.41, 5.74) is -1.49. The second-order valence-electron chi connectivity index (χ2n) is 9.85.